The topological polar surface area (TPSA) is 12.4 Å². The summed E-state index contributed by atoms with van der Waals surface area (Å²) in [6, 6.07) is 4.15. The standard InChI is InChI=1S/C10H14BrNS2/c1-7(12-14-10(2,3)4)8-5-6-9(11)13-8/h5-6H,1-4H3/b12-7+. The molecule has 1 aromatic heterocycles. The van der Waals surface area contributed by atoms with E-state index in [-0.39, 0.29) is 4.75 Å². The van der Waals surface area contributed by atoms with Gasteiger partial charge in [-0.15, -0.1) is 11.3 Å². The molecule has 1 aromatic rings. The Bertz CT molecular complexity index is 336. The molecule has 1 nitrogen and oxygen atoms in total. The average molecular weight is 292 g/mol. The van der Waals surface area contributed by atoms with Gasteiger partial charge in [0.05, 0.1) is 14.4 Å². The lowest BCUT2D eigenvalue weighted by Gasteiger charge is -2.13. The Morgan fingerprint density at radius 3 is 2.50 bits per heavy atom. The average Bonchev–Trinajstić information content (AvgIpc) is 2.46. The summed E-state index contributed by atoms with van der Waals surface area (Å²) in [6.45, 7) is 8.55. The lowest BCUT2D eigenvalue weighted by molar-refractivity contribution is 0.804. The van der Waals surface area contributed by atoms with Crippen LogP contribution in [0, 0.1) is 0 Å². The van der Waals surface area contributed by atoms with Crippen molar-refractivity contribution in [1.82, 2.24) is 0 Å². The van der Waals surface area contributed by atoms with Crippen molar-refractivity contribution >= 4 is 44.9 Å². The van der Waals surface area contributed by atoms with E-state index in [0.717, 1.165) is 9.50 Å². The smallest absolute Gasteiger partial charge is 0.0705 e. The van der Waals surface area contributed by atoms with Gasteiger partial charge in [0.2, 0.25) is 0 Å². The van der Waals surface area contributed by atoms with Gasteiger partial charge in [-0.3, -0.25) is 0 Å². The number of hydrogen-bond acceptors (Lipinski definition) is 3. The van der Waals surface area contributed by atoms with Crippen LogP contribution in [0.5, 0.6) is 0 Å². The van der Waals surface area contributed by atoms with Crippen LogP contribution in [0.3, 0.4) is 0 Å². The normalized spacial score (nSPS) is 13.4. The van der Waals surface area contributed by atoms with Gasteiger partial charge in [0.1, 0.15) is 0 Å². The summed E-state index contributed by atoms with van der Waals surface area (Å²) in [6.07, 6.45) is 0. The molecule has 0 unspecified atom stereocenters. The van der Waals surface area contributed by atoms with Gasteiger partial charge in [0.25, 0.3) is 0 Å². The molecule has 0 aliphatic rings. The van der Waals surface area contributed by atoms with Crippen molar-refractivity contribution in [3.63, 3.8) is 0 Å². The Morgan fingerprint density at radius 2 is 2.07 bits per heavy atom. The van der Waals surface area contributed by atoms with E-state index in [2.05, 4.69) is 60.2 Å². The number of nitrogens with zero attached hydrogens (tertiary/aromatic N) is 1. The fourth-order valence-electron chi connectivity index (χ4n) is 0.759. The zero-order chi connectivity index (χ0) is 10.8. The number of rotatable bonds is 2. The van der Waals surface area contributed by atoms with Crippen LogP contribution in [0.2, 0.25) is 0 Å². The van der Waals surface area contributed by atoms with Gasteiger partial charge in [-0.25, -0.2) is 4.40 Å². The van der Waals surface area contributed by atoms with Crippen molar-refractivity contribution in [1.29, 1.82) is 0 Å². The van der Waals surface area contributed by atoms with Gasteiger partial charge in [-0.1, -0.05) is 0 Å². The highest BCUT2D eigenvalue weighted by molar-refractivity contribution is 9.11. The predicted octanol–water partition coefficient (Wildman–Crippen LogP) is 4.77. The molecule has 0 aliphatic heterocycles. The van der Waals surface area contributed by atoms with Crippen LogP contribution in [-0.4, -0.2) is 10.5 Å². The van der Waals surface area contributed by atoms with Crippen molar-refractivity contribution in [3.05, 3.63) is 20.8 Å². The second-order valence-electron chi connectivity index (χ2n) is 3.98. The van der Waals surface area contributed by atoms with Crippen LogP contribution in [0.4, 0.5) is 0 Å². The molecule has 0 atom stereocenters. The summed E-state index contributed by atoms with van der Waals surface area (Å²) in [5, 5.41) is 0. The molecule has 14 heavy (non-hydrogen) atoms. The minimum Gasteiger partial charge on any atom is -0.219 e. The van der Waals surface area contributed by atoms with Crippen LogP contribution < -0.4 is 0 Å². The summed E-state index contributed by atoms with van der Waals surface area (Å²) in [5.74, 6) is 0. The molecule has 0 saturated carbocycles. The Morgan fingerprint density at radius 1 is 1.43 bits per heavy atom. The van der Waals surface area contributed by atoms with Crippen LogP contribution in [-0.2, 0) is 0 Å². The molecule has 0 fully saturated rings. The Kier molecular flexibility index (Phi) is 4.22. The second kappa shape index (κ2) is 4.81. The van der Waals surface area contributed by atoms with Gasteiger partial charge in [0.15, 0.2) is 0 Å². The molecular weight excluding hydrogens is 278 g/mol. The van der Waals surface area contributed by atoms with Crippen LogP contribution in [0.1, 0.15) is 32.6 Å². The first-order valence-electron chi connectivity index (χ1n) is 4.37. The largest absolute Gasteiger partial charge is 0.219 e. The summed E-state index contributed by atoms with van der Waals surface area (Å²) in [7, 11) is 0. The molecule has 0 N–H and O–H groups in total. The minimum atomic E-state index is 0.190. The third-order valence-electron chi connectivity index (χ3n) is 1.39. The molecule has 78 valence electrons. The van der Waals surface area contributed by atoms with Crippen molar-refractivity contribution in [2.45, 2.75) is 32.4 Å². The van der Waals surface area contributed by atoms with E-state index in [1.165, 1.54) is 4.88 Å². The van der Waals surface area contributed by atoms with Gasteiger partial charge in [0, 0.05) is 4.75 Å². The molecule has 0 saturated heterocycles. The number of halogens is 1. The van der Waals surface area contributed by atoms with E-state index < -0.39 is 0 Å². The highest BCUT2D eigenvalue weighted by Crippen LogP contribution is 2.27. The predicted molar refractivity (Wildman–Crippen MR) is 71.6 cm³/mol. The molecule has 1 rings (SSSR count). The van der Waals surface area contributed by atoms with E-state index >= 15 is 0 Å². The van der Waals surface area contributed by atoms with Crippen molar-refractivity contribution in [2.75, 3.05) is 0 Å². The summed E-state index contributed by atoms with van der Waals surface area (Å²) >= 11 is 6.79. The van der Waals surface area contributed by atoms with Gasteiger partial charge >= 0.3 is 0 Å². The highest BCUT2D eigenvalue weighted by Gasteiger charge is 2.10. The fourth-order valence-corrected chi connectivity index (χ4v) is 2.66. The molecule has 0 radical (unpaired) electrons. The first-order chi connectivity index (χ1) is 6.38. The van der Waals surface area contributed by atoms with Crippen LogP contribution in [0.15, 0.2) is 20.3 Å². The quantitative estimate of drug-likeness (QED) is 0.565. The third kappa shape index (κ3) is 4.15. The maximum Gasteiger partial charge on any atom is 0.0705 e. The van der Waals surface area contributed by atoms with Gasteiger partial charge < -0.3 is 0 Å². The summed E-state index contributed by atoms with van der Waals surface area (Å²) < 4.78 is 5.85. The highest BCUT2D eigenvalue weighted by atomic mass is 79.9. The van der Waals surface area contributed by atoms with Crippen molar-refractivity contribution in [3.8, 4) is 0 Å². The first kappa shape index (κ1) is 12.3. The summed E-state index contributed by atoms with van der Waals surface area (Å²) in [5.41, 5.74) is 1.10. The van der Waals surface area contributed by atoms with Gasteiger partial charge in [-0.05, 0) is 67.7 Å². The Balaban J connectivity index is 2.70. The maximum absolute atomic E-state index is 4.50. The maximum atomic E-state index is 4.50. The van der Waals surface area contributed by atoms with E-state index in [1.54, 1.807) is 23.3 Å². The first-order valence-corrected chi connectivity index (χ1v) is 6.75. The number of hydrogen-bond donors (Lipinski definition) is 0. The molecule has 0 aromatic carbocycles. The molecule has 1 heterocycles. The van der Waals surface area contributed by atoms with Crippen LogP contribution in [0.25, 0.3) is 0 Å². The number of thiophene rings is 1. The molecule has 0 aliphatic carbocycles. The third-order valence-corrected chi connectivity index (χ3v) is 4.03. The van der Waals surface area contributed by atoms with E-state index in [4.69, 9.17) is 0 Å². The molecule has 4 heteroatoms. The van der Waals surface area contributed by atoms with Crippen LogP contribution >= 0.6 is 39.2 Å². The minimum absolute atomic E-state index is 0.190. The second-order valence-corrected chi connectivity index (χ2v) is 8.04. The molecule has 0 bridgehead atoms. The Labute approximate surface area is 102 Å². The van der Waals surface area contributed by atoms with Crippen molar-refractivity contribution < 1.29 is 0 Å². The lowest BCUT2D eigenvalue weighted by atomic mass is 10.3. The van der Waals surface area contributed by atoms with E-state index in [1.807, 2.05) is 0 Å². The molecular formula is C10H14BrNS2. The van der Waals surface area contributed by atoms with Gasteiger partial charge in [-0.2, -0.15) is 0 Å². The zero-order valence-electron chi connectivity index (χ0n) is 8.80. The van der Waals surface area contributed by atoms with E-state index in [0.29, 0.717) is 0 Å². The SMILES string of the molecule is C/C(=N\SC(C)(C)C)c1ccc(Br)s1. The summed E-state index contributed by atoms with van der Waals surface area (Å²) in [4.78, 5) is 1.23. The monoisotopic (exact) mass is 291 g/mol. The lowest BCUT2D eigenvalue weighted by Crippen LogP contribution is -2.06. The molecule has 0 amide bonds. The molecule has 0 spiro atoms. The zero-order valence-corrected chi connectivity index (χ0v) is 12.0. The van der Waals surface area contributed by atoms with Crippen molar-refractivity contribution in [2.24, 2.45) is 4.40 Å². The van der Waals surface area contributed by atoms with E-state index in [9.17, 15) is 0 Å². The Hall–Kier alpha value is 0.200. The fraction of sp³-hybridized carbons (Fsp3) is 0.500.